The first-order valence-corrected chi connectivity index (χ1v) is 10.9. The number of fused-ring (bicyclic) bond motifs is 2. The van der Waals surface area contributed by atoms with Gasteiger partial charge in [0.1, 0.15) is 5.58 Å². The van der Waals surface area contributed by atoms with Gasteiger partial charge in [0.05, 0.1) is 31.5 Å². The van der Waals surface area contributed by atoms with E-state index in [2.05, 4.69) is 59.3 Å². The smallest absolute Gasteiger partial charge is 0.225 e. The van der Waals surface area contributed by atoms with Crippen molar-refractivity contribution in [3.05, 3.63) is 88.4 Å². The number of amides is 1. The van der Waals surface area contributed by atoms with Crippen LogP contribution in [0.4, 0.5) is 0 Å². The quantitative estimate of drug-likeness (QED) is 0.499. The van der Waals surface area contributed by atoms with Crippen molar-refractivity contribution in [1.82, 2.24) is 15.1 Å². The van der Waals surface area contributed by atoms with Crippen LogP contribution in [0.5, 0.6) is 0 Å². The summed E-state index contributed by atoms with van der Waals surface area (Å²) in [6.45, 7) is 4.92. The first kappa shape index (κ1) is 19.6. The fourth-order valence-electron chi connectivity index (χ4n) is 4.55. The van der Waals surface area contributed by atoms with Gasteiger partial charge in [-0.15, -0.1) is 0 Å². The van der Waals surface area contributed by atoms with Crippen molar-refractivity contribution < 1.29 is 9.21 Å². The molecule has 1 amide bonds. The van der Waals surface area contributed by atoms with Gasteiger partial charge in [-0.1, -0.05) is 30.3 Å². The minimum absolute atomic E-state index is 0.0166. The molecule has 1 aliphatic carbocycles. The molecule has 1 atom stereocenters. The lowest BCUT2D eigenvalue weighted by Gasteiger charge is -2.24. The molecule has 0 radical (unpaired) electrons. The lowest BCUT2D eigenvalue weighted by atomic mass is 9.92. The van der Waals surface area contributed by atoms with Crippen molar-refractivity contribution >= 4 is 16.9 Å². The molecule has 2 heterocycles. The number of benzene rings is 2. The highest BCUT2D eigenvalue weighted by Gasteiger charge is 2.26. The van der Waals surface area contributed by atoms with Crippen molar-refractivity contribution in [1.29, 1.82) is 0 Å². The van der Waals surface area contributed by atoms with Crippen LogP contribution in [-0.2, 0) is 24.2 Å². The highest BCUT2D eigenvalue weighted by Crippen LogP contribution is 2.30. The SMILES string of the molecule is Cc1cc2occ(CC(=O)NC3CCCc4c3cnn4Cc3ccccc3)c2cc1C. The number of hydrogen-bond donors (Lipinski definition) is 1. The zero-order valence-electron chi connectivity index (χ0n) is 18.0. The van der Waals surface area contributed by atoms with Gasteiger partial charge in [0, 0.05) is 22.2 Å². The Morgan fingerprint density at radius 2 is 2.00 bits per heavy atom. The summed E-state index contributed by atoms with van der Waals surface area (Å²) in [5.74, 6) is 0.0228. The molecule has 5 heteroatoms. The number of rotatable bonds is 5. The third-order valence-electron chi connectivity index (χ3n) is 6.39. The molecular formula is C26H27N3O2. The molecule has 0 fully saturated rings. The zero-order chi connectivity index (χ0) is 21.4. The molecule has 0 bridgehead atoms. The van der Waals surface area contributed by atoms with Crippen LogP contribution in [0.2, 0.25) is 0 Å². The average Bonchev–Trinajstić information content (AvgIpc) is 3.34. The molecule has 2 aromatic carbocycles. The van der Waals surface area contributed by atoms with Gasteiger partial charge in [-0.25, -0.2) is 0 Å². The minimum Gasteiger partial charge on any atom is -0.464 e. The van der Waals surface area contributed by atoms with Crippen LogP contribution in [0.25, 0.3) is 11.0 Å². The monoisotopic (exact) mass is 413 g/mol. The molecule has 1 aliphatic rings. The summed E-state index contributed by atoms with van der Waals surface area (Å²) in [5.41, 5.74) is 7.80. The maximum absolute atomic E-state index is 12.9. The van der Waals surface area contributed by atoms with Crippen LogP contribution < -0.4 is 5.32 Å². The predicted molar refractivity (Wildman–Crippen MR) is 121 cm³/mol. The Morgan fingerprint density at radius 1 is 1.19 bits per heavy atom. The summed E-state index contributed by atoms with van der Waals surface area (Å²) in [6, 6.07) is 14.5. The third-order valence-corrected chi connectivity index (χ3v) is 6.39. The van der Waals surface area contributed by atoms with Gasteiger partial charge in [-0.05, 0) is 61.9 Å². The van der Waals surface area contributed by atoms with Crippen molar-refractivity contribution in [3.63, 3.8) is 0 Å². The summed E-state index contributed by atoms with van der Waals surface area (Å²) in [4.78, 5) is 12.9. The number of nitrogens with one attached hydrogen (secondary N) is 1. The second-order valence-corrected chi connectivity index (χ2v) is 8.57. The van der Waals surface area contributed by atoms with E-state index in [9.17, 15) is 4.79 Å². The average molecular weight is 414 g/mol. The van der Waals surface area contributed by atoms with E-state index in [1.807, 2.05) is 18.3 Å². The first-order chi connectivity index (χ1) is 15.1. The predicted octanol–water partition coefficient (Wildman–Crippen LogP) is 5.03. The van der Waals surface area contributed by atoms with Crippen LogP contribution in [0.1, 0.15) is 52.4 Å². The lowest BCUT2D eigenvalue weighted by molar-refractivity contribution is -0.121. The Balaban J connectivity index is 1.32. The van der Waals surface area contributed by atoms with Gasteiger partial charge in [0.2, 0.25) is 5.91 Å². The van der Waals surface area contributed by atoms with Crippen LogP contribution in [0, 0.1) is 13.8 Å². The standard InChI is InChI=1S/C26H27N3O2/c1-17-11-21-20(16-31-25(21)12-18(17)2)13-26(30)28-23-9-6-10-24-22(23)14-27-29(24)15-19-7-4-3-5-8-19/h3-5,7-8,11-12,14,16,23H,6,9-10,13,15H2,1-2H3,(H,28,30). The molecule has 1 unspecified atom stereocenters. The molecule has 158 valence electrons. The van der Waals surface area contributed by atoms with Gasteiger partial charge < -0.3 is 9.73 Å². The normalized spacial score (nSPS) is 15.7. The molecule has 31 heavy (non-hydrogen) atoms. The van der Waals surface area contributed by atoms with E-state index in [0.29, 0.717) is 6.42 Å². The Morgan fingerprint density at radius 3 is 2.84 bits per heavy atom. The lowest BCUT2D eigenvalue weighted by Crippen LogP contribution is -2.32. The van der Waals surface area contributed by atoms with E-state index in [-0.39, 0.29) is 11.9 Å². The summed E-state index contributed by atoms with van der Waals surface area (Å²) in [7, 11) is 0. The Bertz CT molecular complexity index is 1240. The summed E-state index contributed by atoms with van der Waals surface area (Å²) in [5, 5.41) is 8.91. The van der Waals surface area contributed by atoms with Crippen molar-refractivity contribution in [2.24, 2.45) is 0 Å². The molecule has 4 aromatic rings. The molecule has 0 saturated carbocycles. The zero-order valence-corrected chi connectivity index (χ0v) is 18.0. The number of carbonyl (C=O) groups excluding carboxylic acids is 1. The third kappa shape index (κ3) is 3.88. The van der Waals surface area contributed by atoms with E-state index in [4.69, 9.17) is 4.42 Å². The second-order valence-electron chi connectivity index (χ2n) is 8.57. The Kier molecular flexibility index (Phi) is 5.10. The van der Waals surface area contributed by atoms with Crippen LogP contribution >= 0.6 is 0 Å². The molecule has 0 saturated heterocycles. The first-order valence-electron chi connectivity index (χ1n) is 10.9. The number of furan rings is 1. The van der Waals surface area contributed by atoms with E-state index in [1.165, 1.54) is 22.4 Å². The molecule has 0 spiro atoms. The number of hydrogen-bond acceptors (Lipinski definition) is 3. The molecule has 1 N–H and O–H groups in total. The highest BCUT2D eigenvalue weighted by atomic mass is 16.3. The molecule has 0 aliphatic heterocycles. The number of nitrogens with zero attached hydrogens (tertiary/aromatic N) is 2. The number of aromatic nitrogens is 2. The van der Waals surface area contributed by atoms with E-state index < -0.39 is 0 Å². The van der Waals surface area contributed by atoms with Crippen molar-refractivity contribution in [2.45, 2.75) is 52.1 Å². The summed E-state index contributed by atoms with van der Waals surface area (Å²) < 4.78 is 7.78. The van der Waals surface area contributed by atoms with Gasteiger partial charge in [-0.3, -0.25) is 9.48 Å². The summed E-state index contributed by atoms with van der Waals surface area (Å²) >= 11 is 0. The fourth-order valence-corrected chi connectivity index (χ4v) is 4.55. The van der Waals surface area contributed by atoms with Crippen LogP contribution in [0.15, 0.2) is 59.3 Å². The molecule has 5 nitrogen and oxygen atoms in total. The largest absolute Gasteiger partial charge is 0.464 e. The van der Waals surface area contributed by atoms with Crippen molar-refractivity contribution in [2.75, 3.05) is 0 Å². The van der Waals surface area contributed by atoms with Gasteiger partial charge >= 0.3 is 0 Å². The Labute approximate surface area is 182 Å². The topological polar surface area (TPSA) is 60.1 Å². The van der Waals surface area contributed by atoms with Crippen LogP contribution in [0.3, 0.4) is 0 Å². The van der Waals surface area contributed by atoms with Gasteiger partial charge in [-0.2, -0.15) is 5.10 Å². The Hall–Kier alpha value is -3.34. The van der Waals surface area contributed by atoms with Gasteiger partial charge in [0.15, 0.2) is 0 Å². The summed E-state index contributed by atoms with van der Waals surface area (Å²) in [6.07, 6.45) is 6.96. The number of aryl methyl sites for hydroxylation is 2. The maximum Gasteiger partial charge on any atom is 0.225 e. The molecule has 2 aromatic heterocycles. The van der Waals surface area contributed by atoms with E-state index in [1.54, 1.807) is 6.26 Å². The second kappa shape index (κ2) is 8.06. The number of carbonyl (C=O) groups is 1. The van der Waals surface area contributed by atoms with Gasteiger partial charge in [0.25, 0.3) is 0 Å². The van der Waals surface area contributed by atoms with E-state index in [0.717, 1.165) is 47.9 Å². The highest BCUT2D eigenvalue weighted by molar-refractivity contribution is 5.88. The maximum atomic E-state index is 12.9. The molecule has 5 rings (SSSR count). The fraction of sp³-hybridized carbons (Fsp3) is 0.308. The minimum atomic E-state index is 0.0166. The van der Waals surface area contributed by atoms with E-state index >= 15 is 0 Å². The van der Waals surface area contributed by atoms with Crippen molar-refractivity contribution in [3.8, 4) is 0 Å². The van der Waals surface area contributed by atoms with Crippen LogP contribution in [-0.4, -0.2) is 15.7 Å². The molecular weight excluding hydrogens is 386 g/mol.